The van der Waals surface area contributed by atoms with Crippen LogP contribution in [0.25, 0.3) is 0 Å². The fraction of sp³-hybridized carbons (Fsp3) is 0.250. The molecular formula is C12H14N2. The maximum absolute atomic E-state index is 4.47. The van der Waals surface area contributed by atoms with Gasteiger partial charge in [0.2, 0.25) is 0 Å². The van der Waals surface area contributed by atoms with Crippen LogP contribution >= 0.6 is 0 Å². The van der Waals surface area contributed by atoms with Gasteiger partial charge in [0.25, 0.3) is 0 Å². The zero-order chi connectivity index (χ0) is 10.1. The van der Waals surface area contributed by atoms with Crippen molar-refractivity contribution in [3.63, 3.8) is 0 Å². The van der Waals surface area contributed by atoms with Crippen LogP contribution in [0, 0.1) is 5.92 Å². The van der Waals surface area contributed by atoms with E-state index in [0.29, 0.717) is 5.92 Å². The van der Waals surface area contributed by atoms with Crippen LogP contribution in [-0.4, -0.2) is 5.71 Å². The molecule has 0 aromatic heterocycles. The summed E-state index contributed by atoms with van der Waals surface area (Å²) < 4.78 is 0. The molecule has 14 heavy (non-hydrogen) atoms. The van der Waals surface area contributed by atoms with E-state index < -0.39 is 0 Å². The third kappa shape index (κ3) is 1.33. The molecule has 0 saturated heterocycles. The topological polar surface area (TPSA) is 15.6 Å². The quantitative estimate of drug-likeness (QED) is 0.658. The van der Waals surface area contributed by atoms with Crippen molar-refractivity contribution < 1.29 is 0 Å². The first kappa shape index (κ1) is 9.00. The van der Waals surface area contributed by atoms with Gasteiger partial charge in [0, 0.05) is 17.3 Å². The normalized spacial score (nSPS) is 21.3. The molecule has 0 amide bonds. The molecule has 2 nitrogen and oxygen atoms in total. The number of anilines is 1. The molecule has 1 unspecified atom stereocenters. The van der Waals surface area contributed by atoms with E-state index in [2.05, 4.69) is 18.6 Å². The van der Waals surface area contributed by atoms with Crippen LogP contribution < -0.4 is 5.01 Å². The third-order valence-electron chi connectivity index (χ3n) is 2.66. The summed E-state index contributed by atoms with van der Waals surface area (Å²) in [5, 5.41) is 6.39. The van der Waals surface area contributed by atoms with Crippen LogP contribution in [-0.2, 0) is 0 Å². The van der Waals surface area contributed by atoms with E-state index in [1.165, 1.54) is 0 Å². The number of nitrogens with zero attached hydrogens (tertiary/aromatic N) is 2. The Morgan fingerprint density at radius 1 is 1.29 bits per heavy atom. The zero-order valence-electron chi connectivity index (χ0n) is 8.57. The van der Waals surface area contributed by atoms with Crippen molar-refractivity contribution in [2.24, 2.45) is 11.0 Å². The predicted octanol–water partition coefficient (Wildman–Crippen LogP) is 3.03. The number of para-hydroxylation sites is 1. The Morgan fingerprint density at radius 3 is 2.43 bits per heavy atom. The summed E-state index contributed by atoms with van der Waals surface area (Å²) in [7, 11) is 0. The molecule has 0 fully saturated rings. The van der Waals surface area contributed by atoms with Crippen LogP contribution in [0.15, 0.2) is 47.7 Å². The van der Waals surface area contributed by atoms with Crippen molar-refractivity contribution in [1.82, 2.24) is 0 Å². The molecule has 0 radical (unpaired) electrons. The van der Waals surface area contributed by atoms with E-state index >= 15 is 0 Å². The highest BCUT2D eigenvalue weighted by molar-refractivity contribution is 5.91. The fourth-order valence-corrected chi connectivity index (χ4v) is 1.53. The molecule has 1 aromatic rings. The molecule has 1 heterocycles. The number of allylic oxidation sites excluding steroid dienone is 1. The van der Waals surface area contributed by atoms with Crippen molar-refractivity contribution in [3.8, 4) is 0 Å². The van der Waals surface area contributed by atoms with Gasteiger partial charge in [-0.3, -0.25) is 0 Å². The molecule has 72 valence electrons. The fourth-order valence-electron chi connectivity index (χ4n) is 1.53. The first-order valence-corrected chi connectivity index (χ1v) is 4.79. The van der Waals surface area contributed by atoms with Crippen molar-refractivity contribution in [2.45, 2.75) is 13.8 Å². The van der Waals surface area contributed by atoms with Crippen molar-refractivity contribution in [1.29, 1.82) is 0 Å². The summed E-state index contributed by atoms with van der Waals surface area (Å²) in [6, 6.07) is 10.1. The summed E-state index contributed by atoms with van der Waals surface area (Å²) in [5.41, 5.74) is 3.26. The third-order valence-corrected chi connectivity index (χ3v) is 2.66. The lowest BCUT2D eigenvalue weighted by Crippen LogP contribution is -2.12. The molecule has 0 saturated carbocycles. The minimum absolute atomic E-state index is 0.357. The Balaban J connectivity index is 2.35. The average molecular weight is 186 g/mol. The molecule has 1 aliphatic rings. The lowest BCUT2D eigenvalue weighted by Gasteiger charge is -2.16. The predicted molar refractivity (Wildman–Crippen MR) is 60.3 cm³/mol. The number of rotatable bonds is 1. The molecule has 2 heteroatoms. The maximum atomic E-state index is 4.47. The highest BCUT2D eigenvalue weighted by Crippen LogP contribution is 2.29. The first-order valence-electron chi connectivity index (χ1n) is 4.79. The van der Waals surface area contributed by atoms with Crippen molar-refractivity contribution >= 4 is 11.4 Å². The van der Waals surface area contributed by atoms with Gasteiger partial charge in [0.1, 0.15) is 0 Å². The Kier molecular flexibility index (Phi) is 2.12. The minimum atomic E-state index is 0.357. The van der Waals surface area contributed by atoms with Gasteiger partial charge < -0.3 is 0 Å². The molecule has 0 bridgehead atoms. The van der Waals surface area contributed by atoms with E-state index in [1.807, 2.05) is 42.3 Å². The Morgan fingerprint density at radius 2 is 1.93 bits per heavy atom. The Hall–Kier alpha value is -1.57. The summed E-state index contributed by atoms with van der Waals surface area (Å²) in [6.45, 7) is 8.22. The smallest absolute Gasteiger partial charge is 0.0648 e. The van der Waals surface area contributed by atoms with Gasteiger partial charge in [-0.2, -0.15) is 5.10 Å². The number of hydrogen-bond acceptors (Lipinski definition) is 2. The molecule has 0 N–H and O–H groups in total. The lowest BCUT2D eigenvalue weighted by molar-refractivity contribution is 0.900. The summed E-state index contributed by atoms with van der Waals surface area (Å²) in [5.74, 6) is 0.357. The van der Waals surface area contributed by atoms with Gasteiger partial charge in [0.05, 0.1) is 5.69 Å². The van der Waals surface area contributed by atoms with E-state index in [1.54, 1.807) is 0 Å². The van der Waals surface area contributed by atoms with Crippen LogP contribution in [0.1, 0.15) is 13.8 Å². The molecule has 1 aromatic carbocycles. The van der Waals surface area contributed by atoms with Gasteiger partial charge in [0.15, 0.2) is 0 Å². The standard InChI is InChI=1S/C12H14N2/c1-9-10(2)13-14(11(9)3)12-7-5-4-6-8-12/h4-9H,3H2,1-2H3. The molecule has 1 atom stereocenters. The van der Waals surface area contributed by atoms with Gasteiger partial charge in [-0.1, -0.05) is 31.7 Å². The average Bonchev–Trinajstić information content (AvgIpc) is 2.47. The number of benzene rings is 1. The largest absolute Gasteiger partial charge is 0.238 e. The summed E-state index contributed by atoms with van der Waals surface area (Å²) in [4.78, 5) is 0. The van der Waals surface area contributed by atoms with E-state index in [9.17, 15) is 0 Å². The SMILES string of the molecule is C=C1C(C)C(C)=NN1c1ccccc1. The lowest BCUT2D eigenvalue weighted by atomic mass is 10.1. The van der Waals surface area contributed by atoms with E-state index in [0.717, 1.165) is 17.1 Å². The van der Waals surface area contributed by atoms with Crippen LogP contribution in [0.4, 0.5) is 5.69 Å². The summed E-state index contributed by atoms with van der Waals surface area (Å²) >= 11 is 0. The summed E-state index contributed by atoms with van der Waals surface area (Å²) in [6.07, 6.45) is 0. The van der Waals surface area contributed by atoms with E-state index in [4.69, 9.17) is 0 Å². The highest BCUT2D eigenvalue weighted by Gasteiger charge is 2.24. The van der Waals surface area contributed by atoms with Gasteiger partial charge in [-0.05, 0) is 19.1 Å². The highest BCUT2D eigenvalue weighted by atomic mass is 15.5. The molecule has 0 aliphatic carbocycles. The second-order valence-electron chi connectivity index (χ2n) is 3.60. The van der Waals surface area contributed by atoms with Crippen LogP contribution in [0.3, 0.4) is 0 Å². The minimum Gasteiger partial charge on any atom is -0.238 e. The van der Waals surface area contributed by atoms with Gasteiger partial charge in [-0.25, -0.2) is 5.01 Å². The molecule has 2 rings (SSSR count). The zero-order valence-corrected chi connectivity index (χ0v) is 8.57. The van der Waals surface area contributed by atoms with Crippen LogP contribution in [0.2, 0.25) is 0 Å². The van der Waals surface area contributed by atoms with Crippen molar-refractivity contribution in [2.75, 3.05) is 5.01 Å². The number of hydrogen-bond donors (Lipinski definition) is 0. The van der Waals surface area contributed by atoms with Crippen LogP contribution in [0.5, 0.6) is 0 Å². The molecular weight excluding hydrogens is 172 g/mol. The first-order chi connectivity index (χ1) is 6.70. The van der Waals surface area contributed by atoms with Gasteiger partial charge in [-0.15, -0.1) is 0 Å². The Labute approximate surface area is 84.6 Å². The second kappa shape index (κ2) is 3.29. The second-order valence-corrected chi connectivity index (χ2v) is 3.60. The molecule has 1 aliphatic heterocycles. The van der Waals surface area contributed by atoms with E-state index in [-0.39, 0.29) is 0 Å². The maximum Gasteiger partial charge on any atom is 0.0648 e. The van der Waals surface area contributed by atoms with Crippen molar-refractivity contribution in [3.05, 3.63) is 42.6 Å². The van der Waals surface area contributed by atoms with Gasteiger partial charge >= 0.3 is 0 Å². The molecule has 0 spiro atoms. The number of hydrazone groups is 1. The Bertz CT molecular complexity index is 379. The monoisotopic (exact) mass is 186 g/mol.